The zero-order valence-corrected chi connectivity index (χ0v) is 12.5. The smallest absolute Gasteiger partial charge is 0.212 e. The lowest BCUT2D eigenvalue weighted by Crippen LogP contribution is -2.33. The first-order chi connectivity index (χ1) is 10.8. The number of hydrogen-bond donors (Lipinski definition) is 1. The van der Waals surface area contributed by atoms with Crippen molar-refractivity contribution in [2.45, 2.75) is 25.4 Å². The van der Waals surface area contributed by atoms with E-state index in [0.717, 1.165) is 43.7 Å². The fourth-order valence-corrected chi connectivity index (χ4v) is 3.26. The Balaban J connectivity index is 1.53. The van der Waals surface area contributed by atoms with Gasteiger partial charge < -0.3 is 19.5 Å². The van der Waals surface area contributed by atoms with E-state index in [0.29, 0.717) is 24.9 Å². The molecular weight excluding hydrogens is 280 g/mol. The van der Waals surface area contributed by atoms with Gasteiger partial charge in [0.25, 0.3) is 0 Å². The Morgan fingerprint density at radius 3 is 3.23 bits per heavy atom. The van der Waals surface area contributed by atoms with Crippen molar-refractivity contribution in [2.24, 2.45) is 4.99 Å². The van der Waals surface area contributed by atoms with Gasteiger partial charge in [-0.3, -0.25) is 0 Å². The van der Waals surface area contributed by atoms with Crippen molar-refractivity contribution in [3.63, 3.8) is 0 Å². The normalized spacial score (nSPS) is 23.5. The van der Waals surface area contributed by atoms with E-state index in [4.69, 9.17) is 9.47 Å². The van der Waals surface area contributed by atoms with Crippen LogP contribution in [-0.4, -0.2) is 48.4 Å². The summed E-state index contributed by atoms with van der Waals surface area (Å²) >= 11 is 0. The van der Waals surface area contributed by atoms with Crippen LogP contribution in [0.5, 0.6) is 5.75 Å². The molecule has 0 amide bonds. The largest absolute Gasteiger partial charge is 0.508 e. The summed E-state index contributed by atoms with van der Waals surface area (Å²) in [7, 11) is 0. The Morgan fingerprint density at radius 2 is 2.36 bits per heavy atom. The number of phenols is 1. The van der Waals surface area contributed by atoms with Crippen molar-refractivity contribution in [1.29, 1.82) is 0 Å². The van der Waals surface area contributed by atoms with Gasteiger partial charge >= 0.3 is 0 Å². The highest BCUT2D eigenvalue weighted by Crippen LogP contribution is 2.32. The maximum Gasteiger partial charge on any atom is 0.212 e. The first-order valence-electron chi connectivity index (χ1n) is 7.87. The number of benzene rings is 1. The van der Waals surface area contributed by atoms with Crippen LogP contribution >= 0.6 is 0 Å². The summed E-state index contributed by atoms with van der Waals surface area (Å²) in [6, 6.07) is 5.57. The molecule has 5 nitrogen and oxygen atoms in total. The molecule has 3 heterocycles. The zero-order chi connectivity index (χ0) is 14.9. The van der Waals surface area contributed by atoms with Crippen molar-refractivity contribution >= 4 is 11.6 Å². The van der Waals surface area contributed by atoms with Crippen LogP contribution in [0.4, 0.5) is 0 Å². The Morgan fingerprint density at radius 1 is 1.41 bits per heavy atom. The Kier molecular flexibility index (Phi) is 3.50. The molecule has 0 aliphatic carbocycles. The summed E-state index contributed by atoms with van der Waals surface area (Å²) in [5, 5.41) is 9.65. The third-order valence-corrected chi connectivity index (χ3v) is 4.46. The molecule has 22 heavy (non-hydrogen) atoms. The molecule has 5 heteroatoms. The molecule has 1 N–H and O–H groups in total. The van der Waals surface area contributed by atoms with E-state index in [1.54, 1.807) is 6.07 Å². The van der Waals surface area contributed by atoms with Gasteiger partial charge in [0.2, 0.25) is 5.90 Å². The second kappa shape index (κ2) is 5.65. The van der Waals surface area contributed by atoms with Crippen LogP contribution in [0.2, 0.25) is 0 Å². The molecule has 3 aliphatic rings. The second-order valence-electron chi connectivity index (χ2n) is 5.97. The van der Waals surface area contributed by atoms with Crippen LogP contribution in [0.3, 0.4) is 0 Å². The van der Waals surface area contributed by atoms with Gasteiger partial charge in [-0.2, -0.15) is 0 Å². The van der Waals surface area contributed by atoms with Crippen molar-refractivity contribution < 1.29 is 14.6 Å². The van der Waals surface area contributed by atoms with Crippen LogP contribution in [0.15, 0.2) is 29.3 Å². The lowest BCUT2D eigenvalue weighted by atomic mass is 9.95. The molecule has 0 aromatic heterocycles. The number of hydrogen-bond acceptors (Lipinski definition) is 5. The minimum absolute atomic E-state index is 0.203. The summed E-state index contributed by atoms with van der Waals surface area (Å²) in [4.78, 5) is 6.75. The number of aromatic hydroxyl groups is 1. The molecule has 1 saturated heterocycles. The molecule has 0 radical (unpaired) electrons. The highest BCUT2D eigenvalue weighted by atomic mass is 16.5. The monoisotopic (exact) mass is 300 g/mol. The van der Waals surface area contributed by atoms with Gasteiger partial charge in [-0.25, -0.2) is 4.99 Å². The molecule has 1 aromatic rings. The van der Waals surface area contributed by atoms with Crippen LogP contribution < -0.4 is 0 Å². The van der Waals surface area contributed by atoms with Crippen LogP contribution in [0, 0.1) is 0 Å². The van der Waals surface area contributed by atoms with Crippen molar-refractivity contribution in [3.8, 4) is 5.75 Å². The summed E-state index contributed by atoms with van der Waals surface area (Å²) in [6.45, 7) is 2.97. The second-order valence-corrected chi connectivity index (χ2v) is 5.97. The van der Waals surface area contributed by atoms with E-state index in [1.807, 2.05) is 18.2 Å². The molecule has 4 rings (SSSR count). The topological polar surface area (TPSA) is 54.3 Å². The lowest BCUT2D eigenvalue weighted by molar-refractivity contribution is 0.0639. The van der Waals surface area contributed by atoms with Gasteiger partial charge in [0, 0.05) is 24.8 Å². The lowest BCUT2D eigenvalue weighted by Gasteiger charge is -2.34. The summed E-state index contributed by atoms with van der Waals surface area (Å²) in [5.74, 6) is 1.01. The number of phenolic OH excluding ortho intramolecular Hbond substituents is 1. The number of fused-ring (bicyclic) bond motifs is 3. The number of nitrogens with zero attached hydrogens (tertiary/aromatic N) is 2. The molecule has 1 fully saturated rings. The Labute approximate surface area is 129 Å². The van der Waals surface area contributed by atoms with Gasteiger partial charge in [0.1, 0.15) is 19.0 Å². The summed E-state index contributed by atoms with van der Waals surface area (Å²) in [6.07, 6.45) is 5.33. The van der Waals surface area contributed by atoms with E-state index >= 15 is 0 Å². The van der Waals surface area contributed by atoms with Gasteiger partial charge in [-0.1, -0.05) is 0 Å². The maximum atomic E-state index is 9.65. The van der Waals surface area contributed by atoms with Crippen molar-refractivity contribution in [3.05, 3.63) is 35.4 Å². The Hall–Kier alpha value is -2.01. The van der Waals surface area contributed by atoms with E-state index in [1.165, 1.54) is 5.56 Å². The predicted octanol–water partition coefficient (Wildman–Crippen LogP) is 2.16. The highest BCUT2D eigenvalue weighted by molar-refractivity contribution is 5.96. The van der Waals surface area contributed by atoms with E-state index in [-0.39, 0.29) is 6.10 Å². The average molecular weight is 300 g/mol. The van der Waals surface area contributed by atoms with E-state index < -0.39 is 0 Å². The molecule has 0 bridgehead atoms. The van der Waals surface area contributed by atoms with Gasteiger partial charge in [0.15, 0.2) is 0 Å². The third kappa shape index (κ3) is 2.57. The molecule has 0 spiro atoms. The first-order valence-corrected chi connectivity index (χ1v) is 7.87. The number of ether oxygens (including phenoxy) is 2. The summed E-state index contributed by atoms with van der Waals surface area (Å²) < 4.78 is 11.4. The van der Waals surface area contributed by atoms with Crippen LogP contribution in [0.25, 0.3) is 5.70 Å². The molecule has 116 valence electrons. The fraction of sp³-hybridized carbons (Fsp3) is 0.471. The highest BCUT2D eigenvalue weighted by Gasteiger charge is 2.25. The van der Waals surface area contributed by atoms with Gasteiger partial charge in [-0.05, 0) is 43.0 Å². The molecule has 1 aromatic carbocycles. The van der Waals surface area contributed by atoms with Crippen molar-refractivity contribution in [2.75, 3.05) is 26.4 Å². The molecule has 3 aliphatic heterocycles. The van der Waals surface area contributed by atoms with Crippen LogP contribution in [0.1, 0.15) is 24.0 Å². The SMILES string of the molecule is Oc1ccc2c(c1)CCN1CN=C(OCC3CCCO3)C=C21. The minimum Gasteiger partial charge on any atom is -0.508 e. The predicted molar refractivity (Wildman–Crippen MR) is 83.7 cm³/mol. The van der Waals surface area contributed by atoms with Gasteiger partial charge in [0.05, 0.1) is 11.8 Å². The molecular formula is C17H20N2O3. The molecule has 1 unspecified atom stereocenters. The van der Waals surface area contributed by atoms with Crippen molar-refractivity contribution in [1.82, 2.24) is 4.90 Å². The quantitative estimate of drug-likeness (QED) is 0.909. The zero-order valence-electron chi connectivity index (χ0n) is 12.5. The average Bonchev–Trinajstić information content (AvgIpc) is 3.05. The maximum absolute atomic E-state index is 9.65. The first kappa shape index (κ1) is 13.6. The van der Waals surface area contributed by atoms with E-state index in [9.17, 15) is 5.11 Å². The van der Waals surface area contributed by atoms with Crippen LogP contribution in [-0.2, 0) is 15.9 Å². The summed E-state index contributed by atoms with van der Waals surface area (Å²) in [5.41, 5.74) is 3.48. The van der Waals surface area contributed by atoms with E-state index in [2.05, 4.69) is 9.89 Å². The van der Waals surface area contributed by atoms with Gasteiger partial charge in [-0.15, -0.1) is 0 Å². The third-order valence-electron chi connectivity index (χ3n) is 4.46. The molecule has 1 atom stereocenters. The Bertz CT molecular complexity index is 633. The standard InChI is InChI=1S/C17H20N2O3/c20-13-3-4-15-12(8-13)5-6-19-11-18-17(9-16(15)19)22-10-14-2-1-7-21-14/h3-4,8-9,14,20H,1-2,5-7,10-11H2. The fourth-order valence-electron chi connectivity index (χ4n) is 3.26. The number of aliphatic imine (C=N–C) groups is 1. The minimum atomic E-state index is 0.203. The molecule has 0 saturated carbocycles. The number of rotatable bonds is 2.